The predicted molar refractivity (Wildman–Crippen MR) is 386 cm³/mol. The predicted octanol–water partition coefficient (Wildman–Crippen LogP) is 13.9. The van der Waals surface area contributed by atoms with E-state index in [2.05, 4.69) is 46.8 Å². The van der Waals surface area contributed by atoms with Gasteiger partial charge in [0.1, 0.15) is 11.7 Å². The van der Waals surface area contributed by atoms with E-state index in [4.69, 9.17) is 70.5 Å². The van der Waals surface area contributed by atoms with E-state index in [1.165, 1.54) is 39.5 Å². The maximum absolute atomic E-state index is 11.6. The third-order valence-electron chi connectivity index (χ3n) is 19.9. The van der Waals surface area contributed by atoms with Crippen molar-refractivity contribution < 1.29 is 223 Å². The third kappa shape index (κ3) is 28.2. The average Bonchev–Trinajstić information content (AvgIpc) is 1.61. The molecule has 5 aromatic rings. The fourth-order valence-electron chi connectivity index (χ4n) is 13.7. The van der Waals surface area contributed by atoms with E-state index < -0.39 is 81.8 Å². The van der Waals surface area contributed by atoms with Crippen LogP contribution in [0.15, 0.2) is 152 Å². The van der Waals surface area contributed by atoms with E-state index in [-0.39, 0.29) is 166 Å². The van der Waals surface area contributed by atoms with E-state index in [0.29, 0.717) is 65.3 Å². The molecule has 6 heterocycles. The molecule has 0 aromatic heterocycles. The number of benzene rings is 5. The first-order chi connectivity index (χ1) is 49.5. The van der Waals surface area contributed by atoms with Crippen molar-refractivity contribution in [3.63, 3.8) is 0 Å². The number of esters is 3. The van der Waals surface area contributed by atoms with Gasteiger partial charge in [0.15, 0.2) is 6.10 Å². The maximum Gasteiger partial charge on any atom is 0.305 e. The molecule has 1 N–H and O–H groups in total. The van der Waals surface area contributed by atoms with Gasteiger partial charge in [-0.3, -0.25) is 18.6 Å². The van der Waals surface area contributed by atoms with Gasteiger partial charge in [0.2, 0.25) is 6.29 Å². The standard InChI is InChI=1S/C19H26O6.C17H23O4.C16H23O5S.C15H21O3.C14H17O3.4U/c1-5-19(6-2)17(22-12-15-10-8-7-9-11-15)16(23-13(3)20)18(25-19)24-14(4)21;1-4-17(5-2)16(15(12-20-17)21-13(3)18)19-11-14-9-7-6-8-10-14;1-4-16(5-2)15(14(12-20-16)21-22(3,17)18)19-11-13-9-7-6-8-10-13;1-3-15(4-2)14(13(16)11-18-15)17-10-12-8-6-5-7-9-12;1-2-14-10-16-12(9-17-14)13(14)15-8-11-6-4-3-5-7-11;;;;/h7-11,16-18H,5-6,12H2,1-4H3;6-10,12,15-16H,4-5,11H2,1-3H3;6-10,12,14-15H,4-5,11H2,1-3H3;5-9,11,13-14,16H,3-4,10H2,1-2H3;3-7,9,12-13H,2,8,10H2,1H3;;;;/q;4*-1;;;;/t16-,17?,18?;15-,16?;14-,15?;13-,14?;12-,13?,14+;;;;/m01110..../s1. The zero-order chi connectivity index (χ0) is 74.7. The smallest absolute Gasteiger partial charge is 0.305 e. The van der Waals surface area contributed by atoms with Crippen LogP contribution in [0, 0.1) is 151 Å². The molecule has 0 amide bonds. The van der Waals surface area contributed by atoms with Gasteiger partial charge >= 0.3 is 11.9 Å². The van der Waals surface area contributed by atoms with Gasteiger partial charge in [0.25, 0.3) is 16.1 Å². The fraction of sp³-hybridized carbons (Fsp3) is 0.543. The molecule has 107 heavy (non-hydrogen) atoms. The number of rotatable bonds is 29. The molecule has 6 fully saturated rings. The molecule has 0 saturated carbocycles. The molecular formula is C81H110O21SU4-4. The minimum atomic E-state index is -3.58. The van der Waals surface area contributed by atoms with Crippen LogP contribution < -0.4 is 0 Å². The summed E-state index contributed by atoms with van der Waals surface area (Å²) < 4.78 is 109. The third-order valence-corrected chi connectivity index (χ3v) is 20.5. The zero-order valence-corrected chi connectivity index (χ0v) is 81.7. The average molecular weight is 2400 g/mol. The summed E-state index contributed by atoms with van der Waals surface area (Å²) in [7, 11) is -3.58. The first-order valence-corrected chi connectivity index (χ1v) is 38.0. The Morgan fingerprint density at radius 3 is 1.07 bits per heavy atom. The molecular weight excluding hydrogens is 2290 g/mol. The summed E-state index contributed by atoms with van der Waals surface area (Å²) in [5.41, 5.74) is 3.12. The summed E-state index contributed by atoms with van der Waals surface area (Å²) >= 11 is 0. The monoisotopic (exact) mass is 2400 g/mol. The van der Waals surface area contributed by atoms with Gasteiger partial charge < -0.3 is 71.4 Å². The summed E-state index contributed by atoms with van der Waals surface area (Å²) in [4.78, 5) is 34.2. The van der Waals surface area contributed by atoms with Gasteiger partial charge in [-0.1, -0.05) is 214 Å². The van der Waals surface area contributed by atoms with Gasteiger partial charge in [-0.05, 0) is 97.8 Å². The van der Waals surface area contributed by atoms with Crippen molar-refractivity contribution in [1.29, 1.82) is 0 Å². The first-order valence-electron chi connectivity index (χ1n) is 36.2. The number of aliphatic hydroxyl groups excluding tert-OH is 1. The van der Waals surface area contributed by atoms with Crippen molar-refractivity contribution in [2.75, 3.05) is 12.9 Å². The second kappa shape index (κ2) is 49.2. The van der Waals surface area contributed by atoms with E-state index >= 15 is 0 Å². The Hall–Kier alpha value is -1.85. The normalized spacial score (nSPS) is 25.6. The van der Waals surface area contributed by atoms with Gasteiger partial charge in [-0.2, -0.15) is 34.8 Å². The van der Waals surface area contributed by atoms with Crippen LogP contribution in [-0.2, 0) is 128 Å². The Morgan fingerprint density at radius 1 is 0.411 bits per heavy atom. The van der Waals surface area contributed by atoms with Gasteiger partial charge in [-0.25, -0.2) is 0 Å². The van der Waals surface area contributed by atoms with Gasteiger partial charge in [0.05, 0.1) is 92.7 Å². The van der Waals surface area contributed by atoms with Crippen LogP contribution in [0.2, 0.25) is 0 Å². The summed E-state index contributed by atoms with van der Waals surface area (Å²) in [6, 6.07) is 49.6. The van der Waals surface area contributed by atoms with Gasteiger partial charge in [0, 0.05) is 157 Å². The molecule has 12 atom stereocenters. The Bertz CT molecular complexity index is 3390. The van der Waals surface area contributed by atoms with E-state index in [1.54, 1.807) is 13.2 Å². The molecule has 26 heteroatoms. The molecule has 586 valence electrons. The van der Waals surface area contributed by atoms with Gasteiger partial charge in [-0.15, -0.1) is 0 Å². The van der Waals surface area contributed by atoms with Crippen molar-refractivity contribution in [1.82, 2.24) is 0 Å². The number of carbonyl (C=O) groups excluding carboxylic acids is 3. The Balaban J connectivity index is 0.000000346. The van der Waals surface area contributed by atoms with Crippen LogP contribution >= 0.6 is 0 Å². The molecule has 6 unspecified atom stereocenters. The van der Waals surface area contributed by atoms with E-state index in [0.717, 1.165) is 60.6 Å². The number of fused-ring (bicyclic) bond motifs is 2. The minimum absolute atomic E-state index is 0. The molecule has 6 aliphatic rings. The van der Waals surface area contributed by atoms with Crippen molar-refractivity contribution in [2.45, 2.75) is 269 Å². The van der Waals surface area contributed by atoms with Crippen molar-refractivity contribution >= 4 is 28.0 Å². The van der Waals surface area contributed by atoms with Crippen molar-refractivity contribution in [3.8, 4) is 0 Å². The summed E-state index contributed by atoms with van der Waals surface area (Å²) in [5, 5.41) is 9.96. The maximum atomic E-state index is 11.6. The molecule has 2 bridgehead atoms. The first kappa shape index (κ1) is 99.3. The topological polar surface area (TPSA) is 244 Å². The fourth-order valence-corrected chi connectivity index (χ4v) is 14.2. The molecule has 6 saturated heterocycles. The van der Waals surface area contributed by atoms with Crippen molar-refractivity contribution in [3.05, 3.63) is 206 Å². The second-order valence-corrected chi connectivity index (χ2v) is 28.0. The van der Waals surface area contributed by atoms with Crippen molar-refractivity contribution in [2.24, 2.45) is 0 Å². The largest absolute Gasteiger partial charge is 0.543 e. The minimum Gasteiger partial charge on any atom is -0.543 e. The number of carbonyl (C=O) groups is 3. The number of hydrogen-bond acceptors (Lipinski definition) is 21. The van der Waals surface area contributed by atoms with E-state index in [9.17, 15) is 27.9 Å². The molecule has 21 nitrogen and oxygen atoms in total. The SMILES string of the molecule is CCC1(CC)OC(OC(C)=O)[C@@H](OC(C)=O)C1OCc1ccccc1.CCC1(CC)O[CH-][C@@H](O)C1OCc1ccccc1.CCC1(CC)O[CH-][C@@H](OC(C)=O)C1OCc1ccccc1.CCC1(CC)O[CH-][C@@H](OS(C)(=O)=O)C1OCc1ccccc1.CC[C@]12CO[C@@H]([CH-]O1)C2OCc1ccccc1.[U].[U].[U].[U]. The summed E-state index contributed by atoms with van der Waals surface area (Å²) in [6.45, 7) is 31.6. The molecule has 5 aromatic carbocycles. The second-order valence-electron chi connectivity index (χ2n) is 26.4. The van der Waals surface area contributed by atoms with Crippen LogP contribution in [-0.4, -0.2) is 140 Å². The Labute approximate surface area is 731 Å². The molecule has 6 aliphatic heterocycles. The number of hydrogen-bond donors (Lipinski definition) is 1. The molecule has 0 aliphatic carbocycles. The summed E-state index contributed by atoms with van der Waals surface area (Å²) in [5.74, 6) is -1.29. The zero-order valence-electron chi connectivity index (χ0n) is 64.2. The van der Waals surface area contributed by atoms with Crippen LogP contribution in [0.5, 0.6) is 0 Å². The Kier molecular flexibility index (Phi) is 45.6. The Morgan fingerprint density at radius 2 is 0.738 bits per heavy atom. The molecule has 0 spiro atoms. The van der Waals surface area contributed by atoms with Crippen LogP contribution in [0.3, 0.4) is 0 Å². The number of ether oxygens (including phenoxy) is 14. The molecule has 11 rings (SSSR count). The van der Waals surface area contributed by atoms with Crippen LogP contribution in [0.25, 0.3) is 0 Å². The van der Waals surface area contributed by atoms with Crippen LogP contribution in [0.4, 0.5) is 0 Å². The number of aliphatic hydroxyl groups is 1. The van der Waals surface area contributed by atoms with Crippen LogP contribution in [0.1, 0.15) is 169 Å². The molecule has 0 radical (unpaired) electrons. The van der Waals surface area contributed by atoms with E-state index in [1.807, 2.05) is 167 Å². The summed E-state index contributed by atoms with van der Waals surface area (Å²) in [6.07, 6.45) is 2.80. The quantitative estimate of drug-likeness (QED) is 0.0202.